The fourth-order valence-electron chi connectivity index (χ4n) is 4.71. The number of carbonyl (C=O) groups excluding carboxylic acids is 2. The summed E-state index contributed by atoms with van der Waals surface area (Å²) in [5, 5.41) is 5.54. The van der Waals surface area contributed by atoms with Crippen LogP contribution < -0.4 is 15.0 Å². The minimum atomic E-state index is -0.394. The maximum absolute atomic E-state index is 12.8. The minimum Gasteiger partial charge on any atom is -0.497 e. The quantitative estimate of drug-likeness (QED) is 0.740. The standard InChI is InChI=1S/C23H30N4O3S/c1-15-7-16(2)11-26(10-15)13-18-14-31-23(24-18)25-22(29)17-8-21(28)27(12-17)19-5-4-6-20(9-19)30-3/h4-6,9,14-17H,7-8,10-13H2,1-3H3,(H,24,25,29). The molecule has 1 aromatic heterocycles. The van der Waals surface area contributed by atoms with E-state index in [9.17, 15) is 9.59 Å². The number of carbonyl (C=O) groups is 2. The first-order valence-corrected chi connectivity index (χ1v) is 11.7. The van der Waals surface area contributed by atoms with Gasteiger partial charge >= 0.3 is 0 Å². The number of aromatic nitrogens is 1. The van der Waals surface area contributed by atoms with Crippen LogP contribution in [0.25, 0.3) is 0 Å². The molecule has 4 rings (SSSR count). The number of hydrogen-bond acceptors (Lipinski definition) is 6. The molecule has 2 aromatic rings. The largest absolute Gasteiger partial charge is 0.497 e. The van der Waals surface area contributed by atoms with E-state index in [1.807, 2.05) is 29.6 Å². The lowest BCUT2D eigenvalue weighted by molar-refractivity contribution is -0.122. The Balaban J connectivity index is 1.34. The highest BCUT2D eigenvalue weighted by atomic mass is 32.1. The first-order chi connectivity index (χ1) is 14.9. The van der Waals surface area contributed by atoms with Crippen LogP contribution in [0, 0.1) is 17.8 Å². The van der Waals surface area contributed by atoms with E-state index in [1.165, 1.54) is 17.8 Å². The van der Waals surface area contributed by atoms with Crippen LogP contribution in [0.2, 0.25) is 0 Å². The number of amides is 2. The van der Waals surface area contributed by atoms with Gasteiger partial charge in [0, 0.05) is 49.7 Å². The number of nitrogens with one attached hydrogen (secondary N) is 1. The van der Waals surface area contributed by atoms with Gasteiger partial charge in [-0.25, -0.2) is 4.98 Å². The van der Waals surface area contributed by atoms with E-state index in [-0.39, 0.29) is 18.2 Å². The third-order valence-corrected chi connectivity index (χ3v) is 6.78. The molecule has 2 aliphatic rings. The van der Waals surface area contributed by atoms with Gasteiger partial charge in [0.2, 0.25) is 11.8 Å². The van der Waals surface area contributed by atoms with E-state index < -0.39 is 5.92 Å². The summed E-state index contributed by atoms with van der Waals surface area (Å²) >= 11 is 1.44. The van der Waals surface area contributed by atoms with Crippen molar-refractivity contribution in [1.29, 1.82) is 0 Å². The monoisotopic (exact) mass is 442 g/mol. The highest BCUT2D eigenvalue weighted by molar-refractivity contribution is 7.13. The second kappa shape index (κ2) is 9.36. The average molecular weight is 443 g/mol. The molecule has 8 heteroatoms. The Hall–Kier alpha value is -2.45. The molecule has 7 nitrogen and oxygen atoms in total. The molecule has 0 radical (unpaired) electrons. The van der Waals surface area contributed by atoms with E-state index in [1.54, 1.807) is 12.0 Å². The van der Waals surface area contributed by atoms with Gasteiger partial charge in [0.05, 0.1) is 18.7 Å². The fourth-order valence-corrected chi connectivity index (χ4v) is 5.41. The number of rotatable bonds is 6. The maximum atomic E-state index is 12.8. The Morgan fingerprint density at radius 3 is 2.77 bits per heavy atom. The van der Waals surface area contributed by atoms with Crippen molar-refractivity contribution < 1.29 is 14.3 Å². The lowest BCUT2D eigenvalue weighted by Gasteiger charge is -2.34. The highest BCUT2D eigenvalue weighted by Gasteiger charge is 2.35. The molecule has 2 saturated heterocycles. The molecule has 166 valence electrons. The van der Waals surface area contributed by atoms with Gasteiger partial charge in [0.25, 0.3) is 0 Å². The summed E-state index contributed by atoms with van der Waals surface area (Å²) in [7, 11) is 1.59. The Labute approximate surface area is 187 Å². The van der Waals surface area contributed by atoms with Gasteiger partial charge in [-0.2, -0.15) is 0 Å². The number of methoxy groups -OCH3 is 1. The van der Waals surface area contributed by atoms with E-state index in [2.05, 4.69) is 29.0 Å². The van der Waals surface area contributed by atoms with Crippen molar-refractivity contribution in [3.8, 4) is 5.75 Å². The molecule has 1 aromatic carbocycles. The van der Waals surface area contributed by atoms with Gasteiger partial charge in [0.1, 0.15) is 5.75 Å². The molecular formula is C23H30N4O3S. The van der Waals surface area contributed by atoms with Crippen molar-refractivity contribution in [2.75, 3.05) is 37.0 Å². The first kappa shape index (κ1) is 21.8. The van der Waals surface area contributed by atoms with Gasteiger partial charge in [-0.3, -0.25) is 14.5 Å². The summed E-state index contributed by atoms with van der Waals surface area (Å²) in [6.07, 6.45) is 1.48. The first-order valence-electron chi connectivity index (χ1n) is 10.8. The van der Waals surface area contributed by atoms with Crippen LogP contribution >= 0.6 is 11.3 Å². The van der Waals surface area contributed by atoms with Crippen LogP contribution in [0.3, 0.4) is 0 Å². The number of hydrogen-bond donors (Lipinski definition) is 1. The van der Waals surface area contributed by atoms with Gasteiger partial charge in [-0.15, -0.1) is 11.3 Å². The second-order valence-corrected chi connectivity index (χ2v) is 9.74. The van der Waals surface area contributed by atoms with Crippen LogP contribution in [0.1, 0.15) is 32.4 Å². The molecule has 3 heterocycles. The van der Waals surface area contributed by atoms with Crippen molar-refractivity contribution in [3.63, 3.8) is 0 Å². The number of piperidine rings is 1. The summed E-state index contributed by atoms with van der Waals surface area (Å²) < 4.78 is 5.24. The maximum Gasteiger partial charge on any atom is 0.231 e. The fraction of sp³-hybridized carbons (Fsp3) is 0.522. The Morgan fingerprint density at radius 2 is 2.03 bits per heavy atom. The van der Waals surface area contributed by atoms with E-state index in [4.69, 9.17) is 4.74 Å². The molecular weight excluding hydrogens is 412 g/mol. The second-order valence-electron chi connectivity index (χ2n) is 8.88. The van der Waals surface area contributed by atoms with Gasteiger partial charge in [-0.1, -0.05) is 19.9 Å². The Morgan fingerprint density at radius 1 is 1.26 bits per heavy atom. The molecule has 3 atom stereocenters. The van der Waals surface area contributed by atoms with E-state index >= 15 is 0 Å². The lowest BCUT2D eigenvalue weighted by atomic mass is 9.92. The number of likely N-dealkylation sites (tertiary alicyclic amines) is 1. The SMILES string of the molecule is COc1cccc(N2CC(C(=O)Nc3nc(CN4CC(C)CC(C)C4)cs3)CC2=O)c1. The van der Waals surface area contributed by atoms with Crippen molar-refractivity contribution in [1.82, 2.24) is 9.88 Å². The predicted octanol–water partition coefficient (Wildman–Crippen LogP) is 3.62. The molecule has 0 aliphatic carbocycles. The summed E-state index contributed by atoms with van der Waals surface area (Å²) in [6, 6.07) is 7.35. The molecule has 2 fully saturated rings. The number of anilines is 2. The lowest BCUT2D eigenvalue weighted by Crippen LogP contribution is -2.38. The van der Waals surface area contributed by atoms with Crippen molar-refractivity contribution >= 4 is 34.0 Å². The predicted molar refractivity (Wildman–Crippen MR) is 122 cm³/mol. The summed E-state index contributed by atoms with van der Waals surface area (Å²) in [5.41, 5.74) is 1.74. The van der Waals surface area contributed by atoms with E-state index in [0.29, 0.717) is 29.3 Å². The normalized spacial score (nSPS) is 24.4. The zero-order chi connectivity index (χ0) is 22.0. The van der Waals surface area contributed by atoms with Crippen molar-refractivity contribution in [3.05, 3.63) is 35.3 Å². The molecule has 2 amide bonds. The molecule has 0 spiro atoms. The van der Waals surface area contributed by atoms with Crippen LogP contribution in [-0.2, 0) is 16.1 Å². The van der Waals surface area contributed by atoms with Gasteiger partial charge in [-0.05, 0) is 30.4 Å². The number of thiazole rings is 1. The van der Waals surface area contributed by atoms with Gasteiger partial charge in [0.15, 0.2) is 5.13 Å². The number of ether oxygens (including phenoxy) is 1. The molecule has 31 heavy (non-hydrogen) atoms. The Kier molecular flexibility index (Phi) is 6.57. The van der Waals surface area contributed by atoms with Crippen LogP contribution in [0.15, 0.2) is 29.6 Å². The molecule has 1 N–H and O–H groups in total. The molecule has 2 aliphatic heterocycles. The number of benzene rings is 1. The molecule has 0 bridgehead atoms. The summed E-state index contributed by atoms with van der Waals surface area (Å²) in [6.45, 7) is 7.95. The zero-order valence-electron chi connectivity index (χ0n) is 18.3. The molecule has 3 unspecified atom stereocenters. The smallest absolute Gasteiger partial charge is 0.231 e. The highest BCUT2D eigenvalue weighted by Crippen LogP contribution is 2.29. The van der Waals surface area contributed by atoms with Gasteiger partial charge < -0.3 is 15.0 Å². The van der Waals surface area contributed by atoms with Crippen molar-refractivity contribution in [2.24, 2.45) is 17.8 Å². The average Bonchev–Trinajstić information content (AvgIpc) is 3.33. The zero-order valence-corrected chi connectivity index (χ0v) is 19.2. The Bertz CT molecular complexity index is 936. The third kappa shape index (κ3) is 5.25. The minimum absolute atomic E-state index is 0.0541. The van der Waals surface area contributed by atoms with Crippen LogP contribution in [0.5, 0.6) is 5.75 Å². The van der Waals surface area contributed by atoms with Crippen LogP contribution in [-0.4, -0.2) is 48.4 Å². The summed E-state index contributed by atoms with van der Waals surface area (Å²) in [5.74, 6) is 1.49. The molecule has 0 saturated carbocycles. The summed E-state index contributed by atoms with van der Waals surface area (Å²) in [4.78, 5) is 34.0. The topological polar surface area (TPSA) is 74.8 Å². The third-order valence-electron chi connectivity index (χ3n) is 5.97. The number of nitrogens with zero attached hydrogens (tertiary/aromatic N) is 3. The van der Waals surface area contributed by atoms with Crippen LogP contribution in [0.4, 0.5) is 10.8 Å². The van der Waals surface area contributed by atoms with E-state index in [0.717, 1.165) is 31.0 Å². The van der Waals surface area contributed by atoms with Crippen molar-refractivity contribution in [2.45, 2.75) is 33.2 Å².